The smallest absolute Gasteiger partial charge is 0.291 e. The summed E-state index contributed by atoms with van der Waals surface area (Å²) >= 11 is 0. The van der Waals surface area contributed by atoms with Crippen LogP contribution in [0.1, 0.15) is 45.2 Å². The van der Waals surface area contributed by atoms with Gasteiger partial charge in [0.15, 0.2) is 23.3 Å². The molecule has 6 heterocycles. The first-order valence-corrected chi connectivity index (χ1v) is 12.5. The molecule has 2 aliphatic heterocycles. The van der Waals surface area contributed by atoms with Crippen molar-refractivity contribution in [3.63, 3.8) is 0 Å². The van der Waals surface area contributed by atoms with Crippen molar-refractivity contribution in [1.29, 1.82) is 0 Å². The van der Waals surface area contributed by atoms with E-state index in [4.69, 9.17) is 0 Å². The topological polar surface area (TPSA) is 310 Å². The molecule has 0 unspecified atom stereocenters. The minimum atomic E-state index is -1.27. The number of rotatable bonds is 2. The van der Waals surface area contributed by atoms with E-state index >= 15 is 0 Å². The van der Waals surface area contributed by atoms with Gasteiger partial charge in [-0.25, -0.2) is 19.2 Å². The van der Waals surface area contributed by atoms with Crippen LogP contribution in [-0.4, -0.2) is 50.3 Å². The predicted molar refractivity (Wildman–Crippen MR) is 147 cm³/mol. The lowest BCUT2D eigenvalue weighted by atomic mass is 9.81. The van der Waals surface area contributed by atoms with Crippen molar-refractivity contribution >= 4 is 23.3 Å². The molecule has 5 aromatic rings. The largest absolute Gasteiger partial charge is 0.327 e. The second-order valence-electron chi connectivity index (χ2n) is 9.84. The van der Waals surface area contributed by atoms with Gasteiger partial charge in [-0.05, 0) is 11.1 Å². The Labute approximate surface area is 236 Å². The van der Waals surface area contributed by atoms with E-state index in [2.05, 4.69) is 19.9 Å². The van der Waals surface area contributed by atoms with Gasteiger partial charge in [0.1, 0.15) is 0 Å². The van der Waals surface area contributed by atoms with Gasteiger partial charge in [-0.15, -0.1) is 0 Å². The van der Waals surface area contributed by atoms with E-state index in [0.717, 1.165) is 0 Å². The maximum absolute atomic E-state index is 13.0. The number of aromatic nitrogens is 8. The molecule has 0 atom stereocenters. The normalized spacial score (nSPS) is 14.1. The SMILES string of the molecule is O=c1[nH]c2c(c(=O)[nH]1)C(c1ccc(C3c4c([nH]c(=O)[nH]c4=O)N(O)c4[nH]c(=O)[nH]c(=O)c43)cc1)c1c([nH]c(=O)[nH]c1=O)N2O. The minimum absolute atomic E-state index is 0.227. The van der Waals surface area contributed by atoms with Crippen molar-refractivity contribution in [2.75, 3.05) is 10.1 Å². The Bertz CT molecular complexity index is 2200. The molecule has 0 amide bonds. The monoisotopic (exact) mass is 604 g/mol. The summed E-state index contributed by atoms with van der Waals surface area (Å²) in [5.41, 5.74) is -8.25. The van der Waals surface area contributed by atoms with E-state index in [-0.39, 0.29) is 33.4 Å². The fourth-order valence-electron chi connectivity index (χ4n) is 5.74. The highest BCUT2D eigenvalue weighted by atomic mass is 16.5. The van der Waals surface area contributed by atoms with Gasteiger partial charge < -0.3 is 0 Å². The lowest BCUT2D eigenvalue weighted by Gasteiger charge is -2.32. The Morgan fingerprint density at radius 1 is 0.409 bits per heavy atom. The summed E-state index contributed by atoms with van der Waals surface area (Å²) in [4.78, 5) is 117. The first-order valence-electron chi connectivity index (χ1n) is 12.5. The van der Waals surface area contributed by atoms with Crippen LogP contribution < -0.4 is 55.1 Å². The molecule has 0 bridgehead atoms. The molecule has 10 N–H and O–H groups in total. The highest BCUT2D eigenvalue weighted by Crippen LogP contribution is 2.44. The van der Waals surface area contributed by atoms with E-state index in [9.17, 15) is 48.8 Å². The van der Waals surface area contributed by atoms with Gasteiger partial charge in [0.2, 0.25) is 0 Å². The molecule has 0 saturated carbocycles. The van der Waals surface area contributed by atoms with E-state index in [1.54, 1.807) is 0 Å². The standard InChI is InChI=1S/C24H16N10O10/c35-17-9-7(10-14(26-22(40)30-18(10)36)33(43)13(9)25-21(39)29-17)5-1-2-6(4-3-5)8-11-15(27-23(41)31-19(11)37)34(44)16-12(8)20(38)32-24(42)28-16/h1-4,7-8,43-44H,(H2,25,29,35,39)(H2,26,30,36,40)(H2,27,31,37,41)(H2,28,32,38,42). The second kappa shape index (κ2) is 8.98. The van der Waals surface area contributed by atoms with Crippen LogP contribution in [0.25, 0.3) is 0 Å². The Balaban J connectivity index is 1.47. The van der Waals surface area contributed by atoms with Crippen LogP contribution in [0.5, 0.6) is 0 Å². The van der Waals surface area contributed by atoms with Gasteiger partial charge in [0.05, 0.1) is 34.1 Å². The molecule has 0 spiro atoms. The van der Waals surface area contributed by atoms with Gasteiger partial charge in [-0.3, -0.25) is 69.5 Å². The van der Waals surface area contributed by atoms with Crippen LogP contribution in [-0.2, 0) is 0 Å². The average molecular weight is 604 g/mol. The Kier molecular flexibility index (Phi) is 5.38. The number of benzene rings is 1. The summed E-state index contributed by atoms with van der Waals surface area (Å²) in [6.07, 6.45) is 0. The van der Waals surface area contributed by atoms with Crippen LogP contribution in [0.3, 0.4) is 0 Å². The molecule has 20 heteroatoms. The number of hydrogen-bond acceptors (Lipinski definition) is 12. The van der Waals surface area contributed by atoms with Crippen molar-refractivity contribution in [3.8, 4) is 0 Å². The second-order valence-corrected chi connectivity index (χ2v) is 9.84. The Hall–Kier alpha value is -6.54. The van der Waals surface area contributed by atoms with Gasteiger partial charge in [0.25, 0.3) is 22.2 Å². The zero-order valence-electron chi connectivity index (χ0n) is 21.5. The molecule has 0 saturated heterocycles. The summed E-state index contributed by atoms with van der Waals surface area (Å²) in [5.74, 6) is -4.18. The van der Waals surface area contributed by atoms with E-state index < -0.39 is 80.1 Å². The lowest BCUT2D eigenvalue weighted by molar-refractivity contribution is 0.287. The summed E-state index contributed by atoms with van der Waals surface area (Å²) in [6, 6.07) is 5.67. The third-order valence-electron chi connectivity index (χ3n) is 7.44. The predicted octanol–water partition coefficient (Wildman–Crippen LogP) is -2.77. The molecule has 7 rings (SSSR count). The molecule has 0 aliphatic carbocycles. The number of fused-ring (bicyclic) bond motifs is 4. The molecular formula is C24H16N10O10. The number of nitrogens with zero attached hydrogens (tertiary/aromatic N) is 2. The zero-order valence-corrected chi connectivity index (χ0v) is 21.5. The molecule has 222 valence electrons. The van der Waals surface area contributed by atoms with Crippen molar-refractivity contribution in [2.45, 2.75) is 11.8 Å². The maximum atomic E-state index is 13.0. The zero-order chi connectivity index (χ0) is 31.2. The molecule has 2 aliphatic rings. The van der Waals surface area contributed by atoms with Crippen LogP contribution in [0, 0.1) is 0 Å². The molecular weight excluding hydrogens is 588 g/mol. The van der Waals surface area contributed by atoms with Gasteiger partial charge in [0, 0.05) is 0 Å². The highest BCUT2D eigenvalue weighted by molar-refractivity contribution is 5.71. The van der Waals surface area contributed by atoms with Gasteiger partial charge in [-0.2, -0.15) is 10.1 Å². The summed E-state index contributed by atoms with van der Waals surface area (Å²) in [5, 5.41) is 22.1. The van der Waals surface area contributed by atoms with E-state index in [1.807, 2.05) is 19.9 Å². The third-order valence-corrected chi connectivity index (χ3v) is 7.44. The van der Waals surface area contributed by atoms with Gasteiger partial charge in [-0.1, -0.05) is 24.3 Å². The average Bonchev–Trinajstić information content (AvgIpc) is 2.95. The Morgan fingerprint density at radius 2 is 0.636 bits per heavy atom. The Morgan fingerprint density at radius 3 is 0.864 bits per heavy atom. The summed E-state index contributed by atoms with van der Waals surface area (Å²) in [6.45, 7) is 0. The first kappa shape index (κ1) is 26.4. The minimum Gasteiger partial charge on any atom is -0.291 e. The molecule has 0 fully saturated rings. The molecule has 44 heavy (non-hydrogen) atoms. The molecule has 4 aromatic heterocycles. The fraction of sp³-hybridized carbons (Fsp3) is 0.0833. The van der Waals surface area contributed by atoms with Crippen LogP contribution in [0.15, 0.2) is 62.6 Å². The number of hydrogen-bond donors (Lipinski definition) is 10. The van der Waals surface area contributed by atoms with Crippen molar-refractivity contribution in [1.82, 2.24) is 39.9 Å². The number of anilines is 4. The summed E-state index contributed by atoms with van der Waals surface area (Å²) < 4.78 is 0. The van der Waals surface area contributed by atoms with Crippen LogP contribution in [0.2, 0.25) is 0 Å². The molecule has 20 nitrogen and oxygen atoms in total. The lowest BCUT2D eigenvalue weighted by Crippen LogP contribution is -2.41. The first-order chi connectivity index (χ1) is 20.9. The summed E-state index contributed by atoms with van der Waals surface area (Å²) in [7, 11) is 0. The van der Waals surface area contributed by atoms with E-state index in [1.165, 1.54) is 24.3 Å². The van der Waals surface area contributed by atoms with Crippen molar-refractivity contribution < 1.29 is 10.4 Å². The fourth-order valence-corrected chi connectivity index (χ4v) is 5.74. The number of aromatic amines is 8. The van der Waals surface area contributed by atoms with E-state index in [0.29, 0.717) is 10.1 Å². The van der Waals surface area contributed by atoms with Crippen LogP contribution >= 0.6 is 0 Å². The van der Waals surface area contributed by atoms with Crippen molar-refractivity contribution in [2.24, 2.45) is 0 Å². The molecule has 0 radical (unpaired) electrons. The van der Waals surface area contributed by atoms with Gasteiger partial charge >= 0.3 is 22.8 Å². The quantitative estimate of drug-likeness (QED) is 0.0979. The number of nitrogens with one attached hydrogen (secondary N) is 8. The third kappa shape index (κ3) is 3.65. The molecule has 1 aromatic carbocycles. The van der Waals surface area contributed by atoms with Crippen molar-refractivity contribution in [3.05, 3.63) is 141 Å². The highest BCUT2D eigenvalue weighted by Gasteiger charge is 2.40. The van der Waals surface area contributed by atoms with Crippen LogP contribution in [0.4, 0.5) is 23.3 Å². The number of H-pyrrole nitrogens is 8. The maximum Gasteiger partial charge on any atom is 0.327 e.